The molecule has 3 rings (SSSR count). The second kappa shape index (κ2) is 8.77. The minimum absolute atomic E-state index is 0.162. The molecule has 0 atom stereocenters. The molecule has 0 radical (unpaired) electrons. The number of anilines is 2. The molecule has 2 N–H and O–H groups in total. The first kappa shape index (κ1) is 19.0. The fraction of sp³-hybridized carbons (Fsp3) is 0.0476. The van der Waals surface area contributed by atoms with E-state index in [1.54, 1.807) is 48.5 Å². The van der Waals surface area contributed by atoms with Crippen molar-refractivity contribution in [2.45, 2.75) is 0 Å². The van der Waals surface area contributed by atoms with Crippen molar-refractivity contribution in [3.05, 3.63) is 90.0 Å². The molecule has 0 aliphatic rings. The highest BCUT2D eigenvalue weighted by Crippen LogP contribution is 2.20. The molecule has 142 valence electrons. The molecule has 0 aliphatic carbocycles. The van der Waals surface area contributed by atoms with Crippen LogP contribution in [0.15, 0.2) is 72.8 Å². The van der Waals surface area contributed by atoms with Gasteiger partial charge in [0.25, 0.3) is 11.8 Å². The van der Waals surface area contributed by atoms with E-state index >= 15 is 0 Å². The first-order valence-electron chi connectivity index (χ1n) is 8.36. The van der Waals surface area contributed by atoms with Crippen molar-refractivity contribution in [1.29, 1.82) is 0 Å². The number of hydrogen-bond acceptors (Lipinski definition) is 3. The van der Waals surface area contributed by atoms with E-state index in [1.165, 1.54) is 0 Å². The second-order valence-corrected chi connectivity index (χ2v) is 5.78. The van der Waals surface area contributed by atoms with Gasteiger partial charge in [0, 0.05) is 11.8 Å². The number of halogens is 2. The van der Waals surface area contributed by atoms with Gasteiger partial charge in [-0.3, -0.25) is 9.59 Å². The van der Waals surface area contributed by atoms with Gasteiger partial charge in [0.15, 0.2) is 6.61 Å². The summed E-state index contributed by atoms with van der Waals surface area (Å²) in [4.78, 5) is 24.5. The Bertz CT molecular complexity index is 994. The zero-order chi connectivity index (χ0) is 19.9. The van der Waals surface area contributed by atoms with E-state index in [0.29, 0.717) is 11.8 Å². The first-order valence-corrected chi connectivity index (χ1v) is 8.36. The lowest BCUT2D eigenvalue weighted by Crippen LogP contribution is -2.22. The standard InChI is InChI=1S/C21H16F2N2O3/c22-14-10-11-18(17(23)12-14)25-20(26)13-28-19-9-5-4-8-16(19)21(27)24-15-6-2-1-3-7-15/h1-12H,13H2,(H,24,27)(H,25,26). The van der Waals surface area contributed by atoms with Gasteiger partial charge in [-0.1, -0.05) is 30.3 Å². The lowest BCUT2D eigenvalue weighted by atomic mass is 10.2. The van der Waals surface area contributed by atoms with Crippen LogP contribution in [0.3, 0.4) is 0 Å². The molecule has 0 heterocycles. The number of amides is 2. The highest BCUT2D eigenvalue weighted by atomic mass is 19.1. The van der Waals surface area contributed by atoms with Gasteiger partial charge in [-0.25, -0.2) is 8.78 Å². The predicted octanol–water partition coefficient (Wildman–Crippen LogP) is 4.23. The second-order valence-electron chi connectivity index (χ2n) is 5.78. The monoisotopic (exact) mass is 382 g/mol. The van der Waals surface area contributed by atoms with Crippen molar-refractivity contribution >= 4 is 23.2 Å². The van der Waals surface area contributed by atoms with Crippen LogP contribution in [0, 0.1) is 11.6 Å². The molecule has 0 saturated heterocycles. The van der Waals surface area contributed by atoms with Crippen LogP contribution >= 0.6 is 0 Å². The number of carbonyl (C=O) groups excluding carboxylic acids is 2. The summed E-state index contributed by atoms with van der Waals surface area (Å²) in [5.74, 6) is -2.48. The molecule has 0 aromatic heterocycles. The van der Waals surface area contributed by atoms with Crippen LogP contribution in [0.4, 0.5) is 20.2 Å². The first-order chi connectivity index (χ1) is 13.5. The summed E-state index contributed by atoms with van der Waals surface area (Å²) in [5, 5.41) is 5.02. The summed E-state index contributed by atoms with van der Waals surface area (Å²) >= 11 is 0. The van der Waals surface area contributed by atoms with E-state index in [1.807, 2.05) is 6.07 Å². The molecule has 0 unspecified atom stereocenters. The topological polar surface area (TPSA) is 67.4 Å². The molecule has 0 spiro atoms. The van der Waals surface area contributed by atoms with E-state index in [9.17, 15) is 18.4 Å². The number of para-hydroxylation sites is 2. The summed E-state index contributed by atoms with van der Waals surface area (Å²) in [7, 11) is 0. The van der Waals surface area contributed by atoms with Crippen molar-refractivity contribution in [3.63, 3.8) is 0 Å². The Morgan fingerprint density at radius 1 is 0.857 bits per heavy atom. The largest absolute Gasteiger partial charge is 0.483 e. The van der Waals surface area contributed by atoms with Crippen LogP contribution < -0.4 is 15.4 Å². The normalized spacial score (nSPS) is 10.2. The molecule has 0 aliphatic heterocycles. The average Bonchev–Trinajstić information content (AvgIpc) is 2.69. The fourth-order valence-corrected chi connectivity index (χ4v) is 2.42. The highest BCUT2D eigenvalue weighted by molar-refractivity contribution is 6.06. The van der Waals surface area contributed by atoms with Crippen molar-refractivity contribution in [3.8, 4) is 5.75 Å². The summed E-state index contributed by atoms with van der Waals surface area (Å²) < 4.78 is 31.9. The molecule has 0 saturated carbocycles. The van der Waals surface area contributed by atoms with Gasteiger partial charge in [-0.15, -0.1) is 0 Å². The average molecular weight is 382 g/mol. The van der Waals surface area contributed by atoms with Gasteiger partial charge < -0.3 is 15.4 Å². The van der Waals surface area contributed by atoms with Gasteiger partial charge in [-0.05, 0) is 36.4 Å². The molecule has 3 aromatic rings. The number of hydrogen-bond donors (Lipinski definition) is 2. The molecule has 7 heteroatoms. The maximum absolute atomic E-state index is 13.6. The van der Waals surface area contributed by atoms with Crippen LogP contribution in [0.1, 0.15) is 10.4 Å². The van der Waals surface area contributed by atoms with Gasteiger partial charge in [0.05, 0.1) is 11.3 Å². The van der Waals surface area contributed by atoms with Crippen LogP contribution in [0.5, 0.6) is 5.75 Å². The fourth-order valence-electron chi connectivity index (χ4n) is 2.42. The van der Waals surface area contributed by atoms with Crippen molar-refractivity contribution < 1.29 is 23.1 Å². The van der Waals surface area contributed by atoms with E-state index in [4.69, 9.17) is 4.74 Å². The SMILES string of the molecule is O=C(COc1ccccc1C(=O)Nc1ccccc1)Nc1ccc(F)cc1F. The van der Waals surface area contributed by atoms with E-state index < -0.39 is 30.1 Å². The highest BCUT2D eigenvalue weighted by Gasteiger charge is 2.14. The zero-order valence-corrected chi connectivity index (χ0v) is 14.6. The van der Waals surface area contributed by atoms with Crippen LogP contribution in [-0.2, 0) is 4.79 Å². The predicted molar refractivity (Wildman–Crippen MR) is 101 cm³/mol. The number of nitrogens with one attached hydrogen (secondary N) is 2. The van der Waals surface area contributed by atoms with Gasteiger partial charge in [-0.2, -0.15) is 0 Å². The Labute approximate surface area is 160 Å². The number of carbonyl (C=O) groups is 2. The van der Waals surface area contributed by atoms with E-state index in [0.717, 1.165) is 12.1 Å². The summed E-state index contributed by atoms with van der Waals surface area (Å²) in [6.45, 7) is -0.452. The molecule has 2 amide bonds. The Morgan fingerprint density at radius 3 is 2.32 bits per heavy atom. The lowest BCUT2D eigenvalue weighted by molar-refractivity contribution is -0.118. The van der Waals surface area contributed by atoms with Gasteiger partial charge in [0.1, 0.15) is 17.4 Å². The maximum Gasteiger partial charge on any atom is 0.262 e. The summed E-state index contributed by atoms with van der Waals surface area (Å²) in [5.41, 5.74) is 0.698. The minimum Gasteiger partial charge on any atom is -0.483 e. The van der Waals surface area contributed by atoms with Crippen molar-refractivity contribution in [2.75, 3.05) is 17.2 Å². The molecule has 0 bridgehead atoms. The van der Waals surface area contributed by atoms with Crippen molar-refractivity contribution in [2.24, 2.45) is 0 Å². The number of ether oxygens (including phenoxy) is 1. The Morgan fingerprint density at radius 2 is 1.57 bits per heavy atom. The summed E-state index contributed by atoms with van der Waals surface area (Å²) in [6.07, 6.45) is 0. The van der Waals surface area contributed by atoms with Crippen LogP contribution in [0.2, 0.25) is 0 Å². The van der Waals surface area contributed by atoms with E-state index in [2.05, 4.69) is 10.6 Å². The Kier molecular flexibility index (Phi) is 5.96. The molecule has 28 heavy (non-hydrogen) atoms. The Hall–Kier alpha value is -3.74. The third-order valence-electron chi connectivity index (χ3n) is 3.73. The van der Waals surface area contributed by atoms with E-state index in [-0.39, 0.29) is 17.0 Å². The molecule has 0 fully saturated rings. The lowest BCUT2D eigenvalue weighted by Gasteiger charge is -2.12. The van der Waals surface area contributed by atoms with Crippen LogP contribution in [0.25, 0.3) is 0 Å². The smallest absolute Gasteiger partial charge is 0.262 e. The third kappa shape index (κ3) is 4.91. The zero-order valence-electron chi connectivity index (χ0n) is 14.6. The Balaban J connectivity index is 1.64. The van der Waals surface area contributed by atoms with Gasteiger partial charge in [0.2, 0.25) is 0 Å². The molecule has 3 aromatic carbocycles. The summed E-state index contributed by atoms with van der Waals surface area (Å²) in [6, 6.07) is 18.1. The van der Waals surface area contributed by atoms with Gasteiger partial charge >= 0.3 is 0 Å². The number of rotatable bonds is 6. The quantitative estimate of drug-likeness (QED) is 0.670. The minimum atomic E-state index is -0.893. The maximum atomic E-state index is 13.6. The third-order valence-corrected chi connectivity index (χ3v) is 3.73. The molecular weight excluding hydrogens is 366 g/mol. The number of benzene rings is 3. The molecular formula is C21H16F2N2O3. The molecule has 5 nitrogen and oxygen atoms in total. The van der Waals surface area contributed by atoms with Crippen LogP contribution in [-0.4, -0.2) is 18.4 Å². The van der Waals surface area contributed by atoms with Crippen molar-refractivity contribution in [1.82, 2.24) is 0 Å².